The molecule has 0 saturated heterocycles. The van der Waals surface area contributed by atoms with Gasteiger partial charge in [0.15, 0.2) is 0 Å². The van der Waals surface area contributed by atoms with E-state index >= 15 is 0 Å². The van der Waals surface area contributed by atoms with Crippen LogP contribution in [0.25, 0.3) is 16.7 Å². The predicted molar refractivity (Wildman–Crippen MR) is 122 cm³/mol. The number of carbonyl (C=O) groups excluding carboxylic acids is 1. The van der Waals surface area contributed by atoms with Crippen molar-refractivity contribution in [3.8, 4) is 11.4 Å². The third-order valence-electron chi connectivity index (χ3n) is 5.66. The molecule has 8 nitrogen and oxygen atoms in total. The average Bonchev–Trinajstić information content (AvgIpc) is 2.94. The van der Waals surface area contributed by atoms with Crippen LogP contribution in [-0.2, 0) is 18.3 Å². The lowest BCUT2D eigenvalue weighted by Gasteiger charge is -2.10. The van der Waals surface area contributed by atoms with Crippen molar-refractivity contribution in [1.29, 1.82) is 0 Å². The number of para-hydroxylation sites is 1. The van der Waals surface area contributed by atoms with Gasteiger partial charge in [0, 0.05) is 7.05 Å². The fourth-order valence-corrected chi connectivity index (χ4v) is 3.92. The number of phenols is 1. The van der Waals surface area contributed by atoms with Gasteiger partial charge in [0.1, 0.15) is 17.0 Å². The molecule has 0 aliphatic rings. The van der Waals surface area contributed by atoms with Gasteiger partial charge >= 0.3 is 5.63 Å². The Morgan fingerprint density at radius 3 is 2.47 bits per heavy atom. The summed E-state index contributed by atoms with van der Waals surface area (Å²) < 4.78 is 8.46. The topological polar surface area (TPSA) is 106 Å². The molecule has 0 atom stereocenters. The highest BCUT2D eigenvalue weighted by atomic mass is 16.4. The van der Waals surface area contributed by atoms with Crippen molar-refractivity contribution >= 4 is 22.6 Å². The molecule has 1 amide bonds. The molecular formula is C24H23N3O5. The van der Waals surface area contributed by atoms with Crippen molar-refractivity contribution in [1.82, 2.24) is 9.36 Å². The van der Waals surface area contributed by atoms with Crippen molar-refractivity contribution < 1.29 is 14.3 Å². The Morgan fingerprint density at radius 1 is 1.09 bits per heavy atom. The highest BCUT2D eigenvalue weighted by molar-refractivity contribution is 5.94. The smallest absolute Gasteiger partial charge is 0.340 e. The Hall–Kier alpha value is -4.07. The number of aromatic hydroxyl groups is 1. The van der Waals surface area contributed by atoms with Gasteiger partial charge in [-0.25, -0.2) is 9.48 Å². The normalized spacial score (nSPS) is 11.1. The van der Waals surface area contributed by atoms with Crippen molar-refractivity contribution in [2.75, 3.05) is 5.32 Å². The summed E-state index contributed by atoms with van der Waals surface area (Å²) >= 11 is 0. The number of benzene rings is 2. The maximum Gasteiger partial charge on any atom is 0.340 e. The van der Waals surface area contributed by atoms with E-state index in [1.54, 1.807) is 56.8 Å². The molecule has 8 heteroatoms. The zero-order chi connectivity index (χ0) is 23.2. The molecule has 164 valence electrons. The average molecular weight is 433 g/mol. The Bertz CT molecular complexity index is 1480. The molecule has 4 rings (SSSR count). The van der Waals surface area contributed by atoms with Gasteiger partial charge in [-0.3, -0.25) is 14.3 Å². The molecule has 0 aliphatic heterocycles. The number of phenolic OH excluding ortho intramolecular Hbond substituents is 1. The number of carbonyl (C=O) groups is 1. The van der Waals surface area contributed by atoms with E-state index in [1.165, 1.54) is 4.68 Å². The van der Waals surface area contributed by atoms with Crippen molar-refractivity contribution in [3.63, 3.8) is 0 Å². The van der Waals surface area contributed by atoms with Gasteiger partial charge in [-0.15, -0.1) is 0 Å². The summed E-state index contributed by atoms with van der Waals surface area (Å²) in [6, 6.07) is 12.3. The van der Waals surface area contributed by atoms with E-state index in [1.807, 2.05) is 18.2 Å². The molecule has 2 N–H and O–H groups in total. The number of hydrogen-bond donors (Lipinski definition) is 2. The molecule has 0 radical (unpaired) electrons. The van der Waals surface area contributed by atoms with Crippen LogP contribution >= 0.6 is 0 Å². The first-order valence-electron chi connectivity index (χ1n) is 10.1. The van der Waals surface area contributed by atoms with Crippen LogP contribution in [0, 0.1) is 20.8 Å². The highest BCUT2D eigenvalue weighted by Crippen LogP contribution is 2.30. The maximum absolute atomic E-state index is 13.0. The molecule has 0 saturated carbocycles. The fourth-order valence-electron chi connectivity index (χ4n) is 3.92. The number of hydrogen-bond acceptors (Lipinski definition) is 5. The van der Waals surface area contributed by atoms with E-state index < -0.39 is 11.5 Å². The van der Waals surface area contributed by atoms with E-state index in [4.69, 9.17) is 4.42 Å². The third-order valence-corrected chi connectivity index (χ3v) is 5.66. The number of aromatic nitrogens is 2. The van der Waals surface area contributed by atoms with E-state index in [0.717, 1.165) is 5.56 Å². The minimum atomic E-state index is -0.651. The number of amides is 1. The van der Waals surface area contributed by atoms with E-state index in [9.17, 15) is 19.5 Å². The van der Waals surface area contributed by atoms with Crippen LogP contribution in [0.15, 0.2) is 56.5 Å². The molecule has 2 heterocycles. The van der Waals surface area contributed by atoms with Crippen LogP contribution in [0.1, 0.15) is 22.4 Å². The summed E-state index contributed by atoms with van der Waals surface area (Å²) in [4.78, 5) is 38.4. The molecule has 32 heavy (non-hydrogen) atoms. The minimum absolute atomic E-state index is 0.0208. The van der Waals surface area contributed by atoms with Gasteiger partial charge in [-0.2, -0.15) is 0 Å². The summed E-state index contributed by atoms with van der Waals surface area (Å²) in [5.41, 5.74) is 1.96. The van der Waals surface area contributed by atoms with Gasteiger partial charge < -0.3 is 14.8 Å². The first-order chi connectivity index (χ1) is 15.2. The molecule has 0 unspecified atom stereocenters. The van der Waals surface area contributed by atoms with Crippen molar-refractivity contribution in [3.05, 3.63) is 85.6 Å². The SMILES string of the molecule is Cc1cc(O)c2c(C)c(CC(=O)Nc3c(C)n(C)n(-c4ccccc4)c3=O)c(=O)oc2c1. The Balaban J connectivity index is 1.69. The molecule has 0 spiro atoms. The maximum atomic E-state index is 13.0. The fraction of sp³-hybridized carbons (Fsp3) is 0.208. The Kier molecular flexibility index (Phi) is 5.22. The summed E-state index contributed by atoms with van der Waals surface area (Å²) in [6.07, 6.45) is -0.295. The van der Waals surface area contributed by atoms with Crippen LogP contribution in [0.3, 0.4) is 0 Å². The van der Waals surface area contributed by atoms with Crippen molar-refractivity contribution in [2.24, 2.45) is 7.05 Å². The Labute approximate surface area is 183 Å². The predicted octanol–water partition coefficient (Wildman–Crippen LogP) is 3.09. The second-order valence-corrected chi connectivity index (χ2v) is 7.81. The summed E-state index contributed by atoms with van der Waals surface area (Å²) in [5.74, 6) is -0.551. The quantitative estimate of drug-likeness (QED) is 0.481. The summed E-state index contributed by atoms with van der Waals surface area (Å²) in [5, 5.41) is 13.4. The summed E-state index contributed by atoms with van der Waals surface area (Å²) in [7, 11) is 1.73. The largest absolute Gasteiger partial charge is 0.507 e. The lowest BCUT2D eigenvalue weighted by Crippen LogP contribution is -2.25. The first kappa shape index (κ1) is 21.2. The molecule has 4 aromatic rings. The highest BCUT2D eigenvalue weighted by Gasteiger charge is 2.21. The van der Waals surface area contributed by atoms with Crippen molar-refractivity contribution in [2.45, 2.75) is 27.2 Å². The second-order valence-electron chi connectivity index (χ2n) is 7.81. The van der Waals surface area contributed by atoms with Crippen LogP contribution < -0.4 is 16.5 Å². The zero-order valence-electron chi connectivity index (χ0n) is 18.2. The van der Waals surface area contributed by atoms with Crippen LogP contribution in [0.4, 0.5) is 5.69 Å². The molecule has 0 fully saturated rings. The van der Waals surface area contributed by atoms with Crippen LogP contribution in [0.5, 0.6) is 5.75 Å². The van der Waals surface area contributed by atoms with Gasteiger partial charge in [0.25, 0.3) is 5.56 Å². The van der Waals surface area contributed by atoms with E-state index in [0.29, 0.717) is 22.3 Å². The number of aryl methyl sites for hydroxylation is 2. The molecule has 2 aromatic carbocycles. The van der Waals surface area contributed by atoms with Crippen LogP contribution in [-0.4, -0.2) is 20.4 Å². The number of fused-ring (bicyclic) bond motifs is 1. The van der Waals surface area contributed by atoms with Gasteiger partial charge in [-0.1, -0.05) is 18.2 Å². The molecule has 0 bridgehead atoms. The first-order valence-corrected chi connectivity index (χ1v) is 10.1. The Morgan fingerprint density at radius 2 is 1.78 bits per heavy atom. The lowest BCUT2D eigenvalue weighted by atomic mass is 10.0. The van der Waals surface area contributed by atoms with Gasteiger partial charge in [0.2, 0.25) is 5.91 Å². The zero-order valence-corrected chi connectivity index (χ0v) is 18.2. The van der Waals surface area contributed by atoms with Crippen LogP contribution in [0.2, 0.25) is 0 Å². The standard InChI is InChI=1S/C24H23N3O5/c1-13-10-18(28)21-14(2)17(24(31)32-19(21)11-13)12-20(29)25-22-15(3)26(4)27(23(22)30)16-8-6-5-7-9-16/h5-11,28H,12H2,1-4H3,(H,25,29). The monoisotopic (exact) mass is 433 g/mol. The number of nitrogens with zero attached hydrogens (tertiary/aromatic N) is 2. The minimum Gasteiger partial charge on any atom is -0.507 e. The molecule has 2 aromatic heterocycles. The molecule has 0 aliphatic carbocycles. The number of anilines is 1. The second kappa shape index (κ2) is 7.88. The number of rotatable bonds is 4. The van der Waals surface area contributed by atoms with E-state index in [2.05, 4.69) is 5.32 Å². The summed E-state index contributed by atoms with van der Waals surface area (Å²) in [6.45, 7) is 5.17. The third kappa shape index (κ3) is 3.49. The van der Waals surface area contributed by atoms with Gasteiger partial charge in [0.05, 0.1) is 28.8 Å². The number of nitrogens with one attached hydrogen (secondary N) is 1. The molecular weight excluding hydrogens is 410 g/mol. The lowest BCUT2D eigenvalue weighted by molar-refractivity contribution is -0.115. The van der Waals surface area contributed by atoms with E-state index in [-0.39, 0.29) is 34.6 Å². The van der Waals surface area contributed by atoms with Gasteiger partial charge in [-0.05, 0) is 56.2 Å².